The SMILES string of the molecule is CCN(C(=O)CCN(C)S(=O)(=O)CC1CC1)c1cn(-c2cccnc2)nc1Cl. The van der Waals surface area contributed by atoms with Gasteiger partial charge in [0.15, 0.2) is 5.15 Å². The Morgan fingerprint density at radius 3 is 2.75 bits per heavy atom. The highest BCUT2D eigenvalue weighted by atomic mass is 35.5. The quantitative estimate of drug-likeness (QED) is 0.615. The van der Waals surface area contributed by atoms with E-state index in [9.17, 15) is 13.2 Å². The minimum absolute atomic E-state index is 0.0721. The third-order valence-corrected chi connectivity index (χ3v) is 7.02. The van der Waals surface area contributed by atoms with Gasteiger partial charge in [-0.3, -0.25) is 9.78 Å². The Morgan fingerprint density at radius 2 is 2.14 bits per heavy atom. The van der Waals surface area contributed by atoms with Crippen LogP contribution in [-0.4, -0.2) is 59.3 Å². The van der Waals surface area contributed by atoms with Gasteiger partial charge in [0, 0.05) is 32.8 Å². The maximum absolute atomic E-state index is 12.7. The lowest BCUT2D eigenvalue weighted by Gasteiger charge is -2.22. The van der Waals surface area contributed by atoms with E-state index in [0.717, 1.165) is 18.5 Å². The number of pyridine rings is 1. The van der Waals surface area contributed by atoms with Crippen LogP contribution in [0.3, 0.4) is 0 Å². The minimum atomic E-state index is -3.32. The molecule has 3 rings (SSSR count). The van der Waals surface area contributed by atoms with Crippen LogP contribution in [0.25, 0.3) is 5.69 Å². The van der Waals surface area contributed by atoms with Crippen molar-refractivity contribution in [2.24, 2.45) is 5.92 Å². The largest absolute Gasteiger partial charge is 0.308 e. The summed E-state index contributed by atoms with van der Waals surface area (Å²) in [5.41, 5.74) is 1.21. The molecule has 0 aliphatic heterocycles. The first-order valence-corrected chi connectivity index (χ1v) is 11.2. The normalized spacial score (nSPS) is 14.4. The molecule has 2 heterocycles. The summed E-state index contributed by atoms with van der Waals surface area (Å²) < 4.78 is 27.4. The minimum Gasteiger partial charge on any atom is -0.308 e. The lowest BCUT2D eigenvalue weighted by molar-refractivity contribution is -0.118. The van der Waals surface area contributed by atoms with Crippen molar-refractivity contribution in [1.29, 1.82) is 0 Å². The van der Waals surface area contributed by atoms with Crippen LogP contribution in [0.1, 0.15) is 26.2 Å². The van der Waals surface area contributed by atoms with Crippen molar-refractivity contribution in [2.75, 3.05) is 30.8 Å². The molecule has 0 N–H and O–H groups in total. The van der Waals surface area contributed by atoms with E-state index < -0.39 is 10.0 Å². The fourth-order valence-electron chi connectivity index (χ4n) is 2.86. The fraction of sp³-hybridized carbons (Fsp3) is 0.500. The molecule has 1 aliphatic carbocycles. The van der Waals surface area contributed by atoms with Crippen LogP contribution in [0.15, 0.2) is 30.7 Å². The Bertz CT molecular complexity index is 928. The molecule has 10 heteroatoms. The van der Waals surface area contributed by atoms with Crippen LogP contribution in [0.5, 0.6) is 0 Å². The van der Waals surface area contributed by atoms with Crippen LogP contribution in [0.4, 0.5) is 5.69 Å². The summed E-state index contributed by atoms with van der Waals surface area (Å²) in [6.45, 7) is 2.37. The molecule has 0 unspecified atom stereocenters. The molecule has 1 fully saturated rings. The lowest BCUT2D eigenvalue weighted by atomic mass is 10.3. The first-order chi connectivity index (χ1) is 13.3. The van der Waals surface area contributed by atoms with Crippen molar-refractivity contribution < 1.29 is 13.2 Å². The van der Waals surface area contributed by atoms with Gasteiger partial charge in [0.2, 0.25) is 15.9 Å². The number of rotatable bonds is 9. The summed E-state index contributed by atoms with van der Waals surface area (Å²) in [7, 11) is -1.79. The number of nitrogens with zero attached hydrogens (tertiary/aromatic N) is 5. The van der Waals surface area contributed by atoms with Gasteiger partial charge in [-0.2, -0.15) is 5.10 Å². The van der Waals surface area contributed by atoms with Crippen LogP contribution in [0.2, 0.25) is 5.15 Å². The Morgan fingerprint density at radius 1 is 1.39 bits per heavy atom. The Balaban J connectivity index is 1.67. The fourth-order valence-corrected chi connectivity index (χ4v) is 4.65. The molecular formula is C18H24ClN5O3S. The second-order valence-electron chi connectivity index (χ2n) is 6.89. The van der Waals surface area contributed by atoms with Gasteiger partial charge in [-0.15, -0.1) is 0 Å². The molecule has 2 aromatic rings. The van der Waals surface area contributed by atoms with Crippen molar-refractivity contribution in [2.45, 2.75) is 26.2 Å². The number of hydrogen-bond acceptors (Lipinski definition) is 5. The van der Waals surface area contributed by atoms with E-state index in [-0.39, 0.29) is 35.7 Å². The highest BCUT2D eigenvalue weighted by Crippen LogP contribution is 2.31. The second-order valence-corrected chi connectivity index (χ2v) is 9.37. The van der Waals surface area contributed by atoms with E-state index in [0.29, 0.717) is 12.2 Å². The molecule has 0 atom stereocenters. The second kappa shape index (κ2) is 8.59. The maximum Gasteiger partial charge on any atom is 0.228 e. The first kappa shape index (κ1) is 20.8. The molecule has 2 aromatic heterocycles. The van der Waals surface area contributed by atoms with Crippen molar-refractivity contribution in [3.8, 4) is 5.69 Å². The van der Waals surface area contributed by atoms with Crippen molar-refractivity contribution in [1.82, 2.24) is 19.1 Å². The van der Waals surface area contributed by atoms with Gasteiger partial charge in [-0.05, 0) is 37.8 Å². The number of hydrogen-bond donors (Lipinski definition) is 0. The third-order valence-electron chi connectivity index (χ3n) is 4.73. The van der Waals surface area contributed by atoms with Gasteiger partial charge in [0.05, 0.1) is 23.8 Å². The summed E-state index contributed by atoms with van der Waals surface area (Å²) in [6.07, 6.45) is 6.98. The zero-order valence-electron chi connectivity index (χ0n) is 16.0. The van der Waals surface area contributed by atoms with E-state index in [4.69, 9.17) is 11.6 Å². The summed E-state index contributed by atoms with van der Waals surface area (Å²) in [5.74, 6) is 0.231. The Hall–Kier alpha value is -1.97. The van der Waals surface area contributed by atoms with E-state index in [1.807, 2.05) is 13.0 Å². The molecule has 8 nitrogen and oxygen atoms in total. The van der Waals surface area contributed by atoms with E-state index >= 15 is 0 Å². The number of amides is 1. The smallest absolute Gasteiger partial charge is 0.228 e. The molecular weight excluding hydrogens is 402 g/mol. The molecule has 0 saturated heterocycles. The van der Waals surface area contributed by atoms with Crippen molar-refractivity contribution >= 4 is 33.2 Å². The highest BCUT2D eigenvalue weighted by Gasteiger charge is 2.31. The number of aromatic nitrogens is 3. The lowest BCUT2D eigenvalue weighted by Crippen LogP contribution is -2.36. The molecule has 0 aromatic carbocycles. The predicted octanol–water partition coefficient (Wildman–Crippen LogP) is 2.34. The molecule has 0 spiro atoms. The molecule has 1 saturated carbocycles. The van der Waals surface area contributed by atoms with Gasteiger partial charge in [-0.25, -0.2) is 17.4 Å². The van der Waals surface area contributed by atoms with E-state index in [1.165, 1.54) is 16.3 Å². The van der Waals surface area contributed by atoms with Gasteiger partial charge < -0.3 is 4.90 Å². The molecule has 0 radical (unpaired) electrons. The number of carbonyl (C=O) groups excluding carboxylic acids is 1. The van der Waals surface area contributed by atoms with Crippen LogP contribution < -0.4 is 4.90 Å². The number of carbonyl (C=O) groups is 1. The third kappa shape index (κ3) is 4.89. The number of halogens is 1. The van der Waals surface area contributed by atoms with Crippen LogP contribution in [-0.2, 0) is 14.8 Å². The summed E-state index contributed by atoms with van der Waals surface area (Å²) in [5, 5.41) is 4.45. The van der Waals surface area contributed by atoms with Crippen LogP contribution >= 0.6 is 11.6 Å². The highest BCUT2D eigenvalue weighted by molar-refractivity contribution is 7.89. The van der Waals surface area contributed by atoms with Gasteiger partial charge in [0.1, 0.15) is 5.69 Å². The molecule has 152 valence electrons. The van der Waals surface area contributed by atoms with E-state index in [2.05, 4.69) is 10.1 Å². The zero-order valence-corrected chi connectivity index (χ0v) is 17.5. The van der Waals surface area contributed by atoms with E-state index in [1.54, 1.807) is 29.3 Å². The number of anilines is 1. The predicted molar refractivity (Wildman–Crippen MR) is 108 cm³/mol. The molecule has 1 amide bonds. The summed E-state index contributed by atoms with van der Waals surface area (Å²) in [4.78, 5) is 18.3. The van der Waals surface area contributed by atoms with Gasteiger partial charge in [0.25, 0.3) is 0 Å². The van der Waals surface area contributed by atoms with Crippen molar-refractivity contribution in [3.63, 3.8) is 0 Å². The summed E-state index contributed by atoms with van der Waals surface area (Å²) in [6, 6.07) is 3.61. The monoisotopic (exact) mass is 425 g/mol. The average molecular weight is 426 g/mol. The first-order valence-electron chi connectivity index (χ1n) is 9.21. The molecule has 0 bridgehead atoms. The standard InChI is InChI=1S/C18H24ClN5O3S/c1-3-23(16-12-24(21-18(16)19)15-5-4-9-20-11-15)17(25)8-10-22(2)28(26,27)13-14-6-7-14/h4-5,9,11-12,14H,3,6-8,10,13H2,1-2H3. The average Bonchev–Trinajstić information content (AvgIpc) is 3.40. The van der Waals surface area contributed by atoms with Crippen LogP contribution in [0, 0.1) is 5.92 Å². The summed E-state index contributed by atoms with van der Waals surface area (Å²) >= 11 is 6.26. The Labute approximate surface area is 170 Å². The number of sulfonamides is 1. The molecule has 28 heavy (non-hydrogen) atoms. The van der Waals surface area contributed by atoms with Gasteiger partial charge >= 0.3 is 0 Å². The van der Waals surface area contributed by atoms with Crippen molar-refractivity contribution in [3.05, 3.63) is 35.9 Å². The molecule has 1 aliphatic rings. The Kier molecular flexibility index (Phi) is 6.36. The topological polar surface area (TPSA) is 88.4 Å². The maximum atomic E-state index is 12.7. The van der Waals surface area contributed by atoms with Gasteiger partial charge in [-0.1, -0.05) is 11.6 Å². The zero-order chi connectivity index (χ0) is 20.3.